The number of carboxylic acid groups (broad SMARTS) is 1. The van der Waals surface area contributed by atoms with E-state index in [-0.39, 0.29) is 16.7 Å². The highest BCUT2D eigenvalue weighted by atomic mass is 79.9. The van der Waals surface area contributed by atoms with Crippen molar-refractivity contribution in [3.63, 3.8) is 0 Å². The minimum Gasteiger partial charge on any atom is -0.507 e. The van der Waals surface area contributed by atoms with Gasteiger partial charge >= 0.3 is 5.97 Å². The zero-order valence-corrected chi connectivity index (χ0v) is 10.4. The zero-order chi connectivity index (χ0) is 11.8. The molecule has 4 heteroatoms. The lowest BCUT2D eigenvalue weighted by Crippen LogP contribution is -2.13. The molecule has 0 bridgehead atoms. The van der Waals surface area contributed by atoms with E-state index in [2.05, 4.69) is 15.9 Å². The van der Waals surface area contributed by atoms with Crippen molar-refractivity contribution in [1.29, 1.82) is 0 Å². The van der Waals surface area contributed by atoms with Crippen molar-refractivity contribution in [2.75, 3.05) is 0 Å². The summed E-state index contributed by atoms with van der Waals surface area (Å²) in [4.78, 5) is 10.9. The molecule has 0 aliphatic rings. The van der Waals surface area contributed by atoms with Gasteiger partial charge in [-0.25, -0.2) is 4.79 Å². The summed E-state index contributed by atoms with van der Waals surface area (Å²) in [6.07, 6.45) is 0. The van der Waals surface area contributed by atoms with Crippen molar-refractivity contribution >= 4 is 21.9 Å². The first-order valence-electron chi connectivity index (χ1n) is 4.50. The van der Waals surface area contributed by atoms with Crippen LogP contribution in [0.25, 0.3) is 0 Å². The smallest absolute Gasteiger partial charge is 0.339 e. The number of benzene rings is 1. The maximum atomic E-state index is 10.9. The van der Waals surface area contributed by atoms with Crippen LogP contribution in [0.3, 0.4) is 0 Å². The molecule has 0 saturated heterocycles. The first-order valence-corrected chi connectivity index (χ1v) is 5.29. The van der Waals surface area contributed by atoms with Crippen LogP contribution in [-0.4, -0.2) is 16.2 Å². The van der Waals surface area contributed by atoms with Gasteiger partial charge in [-0.05, 0) is 17.5 Å². The van der Waals surface area contributed by atoms with E-state index in [9.17, 15) is 9.90 Å². The molecule has 0 unspecified atom stereocenters. The highest BCUT2D eigenvalue weighted by Gasteiger charge is 2.23. The molecule has 0 fully saturated rings. The lowest BCUT2D eigenvalue weighted by molar-refractivity contribution is 0.0693. The molecule has 15 heavy (non-hydrogen) atoms. The number of hydrogen-bond donors (Lipinski definition) is 2. The predicted octanol–water partition coefficient (Wildman–Crippen LogP) is 3.15. The SMILES string of the molecule is CC(C)(C)c1cc(Br)cc(C(=O)O)c1O. The van der Waals surface area contributed by atoms with E-state index >= 15 is 0 Å². The number of halogens is 1. The molecular weight excluding hydrogens is 260 g/mol. The van der Waals surface area contributed by atoms with Crippen molar-refractivity contribution in [2.24, 2.45) is 0 Å². The molecule has 1 rings (SSSR count). The molecule has 2 N–H and O–H groups in total. The van der Waals surface area contributed by atoms with E-state index in [0.29, 0.717) is 10.0 Å². The Kier molecular flexibility index (Phi) is 3.09. The molecule has 0 atom stereocenters. The number of rotatable bonds is 1. The summed E-state index contributed by atoms with van der Waals surface area (Å²) in [5.41, 5.74) is 0.251. The maximum Gasteiger partial charge on any atom is 0.339 e. The fraction of sp³-hybridized carbons (Fsp3) is 0.364. The van der Waals surface area contributed by atoms with Gasteiger partial charge in [-0.1, -0.05) is 36.7 Å². The maximum absolute atomic E-state index is 10.9. The summed E-state index contributed by atoms with van der Waals surface area (Å²) in [5, 5.41) is 18.7. The minimum absolute atomic E-state index is 0.0747. The number of aromatic carboxylic acids is 1. The van der Waals surface area contributed by atoms with Crippen LogP contribution in [0.5, 0.6) is 5.75 Å². The number of carbonyl (C=O) groups is 1. The largest absolute Gasteiger partial charge is 0.507 e. The standard InChI is InChI=1S/C11H13BrO3/c1-11(2,3)8-5-6(12)4-7(9(8)13)10(14)15/h4-5,13H,1-3H3,(H,14,15). The number of carboxylic acids is 1. The molecule has 82 valence electrons. The van der Waals surface area contributed by atoms with E-state index < -0.39 is 5.97 Å². The Bertz CT molecular complexity index is 405. The molecule has 0 saturated carbocycles. The second kappa shape index (κ2) is 3.85. The highest BCUT2D eigenvalue weighted by molar-refractivity contribution is 9.10. The van der Waals surface area contributed by atoms with E-state index in [0.717, 1.165) is 0 Å². The van der Waals surface area contributed by atoms with Crippen LogP contribution in [-0.2, 0) is 5.41 Å². The fourth-order valence-corrected chi connectivity index (χ4v) is 1.79. The van der Waals surface area contributed by atoms with Crippen molar-refractivity contribution in [3.8, 4) is 5.75 Å². The quantitative estimate of drug-likeness (QED) is 0.826. The lowest BCUT2D eigenvalue weighted by Gasteiger charge is -2.21. The molecule has 0 aliphatic carbocycles. The molecule has 0 aromatic heterocycles. The van der Waals surface area contributed by atoms with Gasteiger partial charge in [-0.2, -0.15) is 0 Å². The summed E-state index contributed by atoms with van der Waals surface area (Å²) in [6.45, 7) is 5.75. The van der Waals surface area contributed by atoms with Gasteiger partial charge in [0.2, 0.25) is 0 Å². The lowest BCUT2D eigenvalue weighted by atomic mass is 9.85. The summed E-state index contributed by atoms with van der Waals surface area (Å²) < 4.78 is 0.655. The molecule has 0 aliphatic heterocycles. The van der Waals surface area contributed by atoms with Gasteiger partial charge in [0.1, 0.15) is 11.3 Å². The van der Waals surface area contributed by atoms with Gasteiger partial charge in [0.15, 0.2) is 0 Å². The van der Waals surface area contributed by atoms with Crippen LogP contribution in [0.1, 0.15) is 36.7 Å². The third-order valence-electron chi connectivity index (χ3n) is 2.11. The van der Waals surface area contributed by atoms with Gasteiger partial charge in [-0.15, -0.1) is 0 Å². The molecule has 1 aromatic rings. The normalized spacial score (nSPS) is 11.5. The first-order chi connectivity index (χ1) is 6.73. The van der Waals surface area contributed by atoms with E-state index in [4.69, 9.17) is 5.11 Å². The number of aromatic hydroxyl groups is 1. The number of phenols is 1. The summed E-state index contributed by atoms with van der Waals surface area (Å²) in [5.74, 6) is -1.28. The molecule has 0 radical (unpaired) electrons. The third-order valence-corrected chi connectivity index (χ3v) is 2.57. The summed E-state index contributed by atoms with van der Waals surface area (Å²) in [7, 11) is 0. The van der Waals surface area contributed by atoms with Crippen molar-refractivity contribution in [1.82, 2.24) is 0 Å². The van der Waals surface area contributed by atoms with Crippen LogP contribution < -0.4 is 0 Å². The molecule has 1 aromatic carbocycles. The van der Waals surface area contributed by atoms with Gasteiger partial charge in [0, 0.05) is 10.0 Å². The Balaban J connectivity index is 3.49. The van der Waals surface area contributed by atoms with Crippen LogP contribution in [0, 0.1) is 0 Å². The second-order valence-corrected chi connectivity index (χ2v) is 5.32. The minimum atomic E-state index is -1.13. The van der Waals surface area contributed by atoms with E-state index in [1.54, 1.807) is 6.07 Å². The Labute approximate surface area is 96.9 Å². The highest BCUT2D eigenvalue weighted by Crippen LogP contribution is 2.35. The Morgan fingerprint density at radius 3 is 2.27 bits per heavy atom. The van der Waals surface area contributed by atoms with E-state index in [1.165, 1.54) is 6.07 Å². The molecule has 0 heterocycles. The Morgan fingerprint density at radius 2 is 1.87 bits per heavy atom. The average molecular weight is 273 g/mol. The van der Waals surface area contributed by atoms with E-state index in [1.807, 2.05) is 20.8 Å². The van der Waals surface area contributed by atoms with Crippen LogP contribution in [0.2, 0.25) is 0 Å². The monoisotopic (exact) mass is 272 g/mol. The molecule has 0 amide bonds. The van der Waals surface area contributed by atoms with Crippen LogP contribution >= 0.6 is 15.9 Å². The molecule has 3 nitrogen and oxygen atoms in total. The zero-order valence-electron chi connectivity index (χ0n) is 8.84. The van der Waals surface area contributed by atoms with Gasteiger partial charge in [0.05, 0.1) is 0 Å². The van der Waals surface area contributed by atoms with Crippen molar-refractivity contribution < 1.29 is 15.0 Å². The van der Waals surface area contributed by atoms with Gasteiger partial charge in [-0.3, -0.25) is 0 Å². The predicted molar refractivity (Wildman–Crippen MR) is 61.5 cm³/mol. The fourth-order valence-electron chi connectivity index (χ4n) is 1.33. The van der Waals surface area contributed by atoms with Crippen molar-refractivity contribution in [2.45, 2.75) is 26.2 Å². The molecular formula is C11H13BrO3. The van der Waals surface area contributed by atoms with Gasteiger partial charge < -0.3 is 10.2 Å². The second-order valence-electron chi connectivity index (χ2n) is 4.40. The van der Waals surface area contributed by atoms with Gasteiger partial charge in [0.25, 0.3) is 0 Å². The van der Waals surface area contributed by atoms with Crippen LogP contribution in [0.4, 0.5) is 0 Å². The Hall–Kier alpha value is -1.03. The first kappa shape index (κ1) is 12.0. The molecule has 0 spiro atoms. The Morgan fingerprint density at radius 1 is 1.33 bits per heavy atom. The topological polar surface area (TPSA) is 57.5 Å². The summed E-state index contributed by atoms with van der Waals surface area (Å²) in [6, 6.07) is 3.13. The van der Waals surface area contributed by atoms with Crippen LogP contribution in [0.15, 0.2) is 16.6 Å². The average Bonchev–Trinajstić information content (AvgIpc) is 2.06. The third kappa shape index (κ3) is 2.50. The summed E-state index contributed by atoms with van der Waals surface area (Å²) >= 11 is 3.23. The van der Waals surface area contributed by atoms with Crippen molar-refractivity contribution in [3.05, 3.63) is 27.7 Å². The number of hydrogen-bond acceptors (Lipinski definition) is 2.